The predicted molar refractivity (Wildman–Crippen MR) is 112 cm³/mol. The maximum Gasteiger partial charge on any atom is 0.317 e. The van der Waals surface area contributed by atoms with E-state index in [1.807, 2.05) is 4.90 Å². The second kappa shape index (κ2) is 10.0. The van der Waals surface area contributed by atoms with Crippen molar-refractivity contribution in [3.05, 3.63) is 35.9 Å². The molecule has 164 valence electrons. The summed E-state index contributed by atoms with van der Waals surface area (Å²) in [6.45, 7) is 6.67. The zero-order valence-electron chi connectivity index (χ0n) is 18.0. The topological polar surface area (TPSA) is 80.5 Å². The van der Waals surface area contributed by atoms with Gasteiger partial charge in [-0.2, -0.15) is 4.98 Å². The fraction of sp³-hybridized carbons (Fsp3) is 0.591. The van der Waals surface area contributed by atoms with E-state index < -0.39 is 5.41 Å². The van der Waals surface area contributed by atoms with Crippen LogP contribution in [0.15, 0.2) is 28.8 Å². The fourth-order valence-electron chi connectivity index (χ4n) is 3.83. The van der Waals surface area contributed by atoms with Crippen LogP contribution < -0.4 is 5.32 Å². The molecule has 2 heterocycles. The highest BCUT2D eigenvalue weighted by molar-refractivity contribution is 5.74. The number of likely N-dealkylation sites (tertiary alicyclic amines) is 1. The number of methoxy groups -OCH3 is 1. The minimum atomic E-state index is -0.439. The van der Waals surface area contributed by atoms with Crippen molar-refractivity contribution in [1.82, 2.24) is 20.4 Å². The number of rotatable bonds is 8. The Bertz CT molecular complexity index is 824. The maximum absolute atomic E-state index is 13.2. The number of hydrogen-bond acceptors (Lipinski definition) is 5. The summed E-state index contributed by atoms with van der Waals surface area (Å²) >= 11 is 0. The smallest absolute Gasteiger partial charge is 0.317 e. The second-order valence-corrected chi connectivity index (χ2v) is 8.39. The molecule has 30 heavy (non-hydrogen) atoms. The van der Waals surface area contributed by atoms with E-state index in [0.717, 1.165) is 19.3 Å². The van der Waals surface area contributed by atoms with E-state index in [1.54, 1.807) is 19.2 Å². The number of ether oxygens (including phenoxy) is 1. The van der Waals surface area contributed by atoms with Crippen LogP contribution in [0.3, 0.4) is 0 Å². The van der Waals surface area contributed by atoms with Crippen LogP contribution in [-0.2, 0) is 10.2 Å². The van der Waals surface area contributed by atoms with Gasteiger partial charge < -0.3 is 19.5 Å². The third kappa shape index (κ3) is 5.36. The van der Waals surface area contributed by atoms with Crippen molar-refractivity contribution in [2.75, 3.05) is 33.4 Å². The molecule has 1 saturated heterocycles. The Morgan fingerprint density at radius 3 is 2.83 bits per heavy atom. The van der Waals surface area contributed by atoms with Crippen molar-refractivity contribution < 1.29 is 18.4 Å². The van der Waals surface area contributed by atoms with Gasteiger partial charge in [0.2, 0.25) is 0 Å². The molecular formula is C22H31FN4O3. The Morgan fingerprint density at radius 1 is 1.37 bits per heavy atom. The number of carbonyl (C=O) groups is 1. The van der Waals surface area contributed by atoms with Gasteiger partial charge in [-0.05, 0) is 55.9 Å². The number of benzene rings is 1. The number of nitrogens with one attached hydrogen (secondary N) is 1. The van der Waals surface area contributed by atoms with Crippen LogP contribution in [0.2, 0.25) is 0 Å². The molecular weight excluding hydrogens is 387 g/mol. The third-order valence-electron chi connectivity index (χ3n) is 5.64. The van der Waals surface area contributed by atoms with E-state index >= 15 is 0 Å². The number of aromatic nitrogens is 2. The van der Waals surface area contributed by atoms with Crippen LogP contribution in [0, 0.1) is 11.7 Å². The van der Waals surface area contributed by atoms with Gasteiger partial charge >= 0.3 is 6.03 Å². The lowest BCUT2D eigenvalue weighted by molar-refractivity contribution is 0.106. The van der Waals surface area contributed by atoms with Crippen LogP contribution in [0.4, 0.5) is 9.18 Å². The summed E-state index contributed by atoms with van der Waals surface area (Å²) in [5.41, 5.74) is 0.224. The molecule has 0 aliphatic carbocycles. The molecule has 0 radical (unpaired) electrons. The molecule has 1 aliphatic rings. The summed E-state index contributed by atoms with van der Waals surface area (Å²) in [7, 11) is 1.66. The summed E-state index contributed by atoms with van der Waals surface area (Å²) in [6, 6.07) is 5.90. The largest absolute Gasteiger partial charge is 0.385 e. The molecule has 0 spiro atoms. The van der Waals surface area contributed by atoms with E-state index in [2.05, 4.69) is 29.3 Å². The lowest BCUT2D eigenvalue weighted by Gasteiger charge is -2.40. The van der Waals surface area contributed by atoms with Gasteiger partial charge in [0.15, 0.2) is 5.82 Å². The minimum absolute atomic E-state index is 0.0561. The molecule has 1 fully saturated rings. The van der Waals surface area contributed by atoms with Gasteiger partial charge in [0.25, 0.3) is 5.89 Å². The molecule has 1 aliphatic heterocycles. The van der Waals surface area contributed by atoms with Crippen molar-refractivity contribution in [1.29, 1.82) is 0 Å². The number of urea groups is 1. The summed E-state index contributed by atoms with van der Waals surface area (Å²) < 4.78 is 24.1. The average molecular weight is 419 g/mol. The molecule has 7 nitrogen and oxygen atoms in total. The molecule has 8 heteroatoms. The summed E-state index contributed by atoms with van der Waals surface area (Å²) in [4.78, 5) is 19.2. The van der Waals surface area contributed by atoms with Crippen LogP contribution >= 0.6 is 0 Å². The van der Waals surface area contributed by atoms with Gasteiger partial charge in [-0.25, -0.2) is 9.18 Å². The Kier molecular flexibility index (Phi) is 7.42. The van der Waals surface area contributed by atoms with Gasteiger partial charge in [-0.3, -0.25) is 0 Å². The first-order valence-corrected chi connectivity index (χ1v) is 10.6. The Balaban J connectivity index is 1.78. The zero-order chi connectivity index (χ0) is 21.6. The van der Waals surface area contributed by atoms with Gasteiger partial charge in [0, 0.05) is 38.9 Å². The number of hydrogen-bond donors (Lipinski definition) is 1. The fourth-order valence-corrected chi connectivity index (χ4v) is 3.83. The van der Waals surface area contributed by atoms with Crippen molar-refractivity contribution in [3.63, 3.8) is 0 Å². The van der Waals surface area contributed by atoms with E-state index in [4.69, 9.17) is 9.26 Å². The SMILES string of the molecule is COCCC1(c2noc(-c3ccc(F)cc3)n2)CCCN(C(=O)NCCC(C)C)C1. The molecule has 1 aromatic carbocycles. The Labute approximate surface area is 177 Å². The predicted octanol–water partition coefficient (Wildman–Crippen LogP) is 4.00. The number of nitrogens with zero attached hydrogens (tertiary/aromatic N) is 3. The number of carbonyl (C=O) groups excluding carboxylic acids is 1. The molecule has 1 unspecified atom stereocenters. The van der Waals surface area contributed by atoms with Crippen LogP contribution in [-0.4, -0.2) is 54.4 Å². The zero-order valence-corrected chi connectivity index (χ0v) is 18.0. The molecule has 2 amide bonds. The number of halogens is 1. The maximum atomic E-state index is 13.2. The minimum Gasteiger partial charge on any atom is -0.385 e. The first-order valence-electron chi connectivity index (χ1n) is 10.6. The van der Waals surface area contributed by atoms with Gasteiger partial charge in [0.1, 0.15) is 5.82 Å². The van der Waals surface area contributed by atoms with Gasteiger partial charge in [-0.1, -0.05) is 19.0 Å². The standard InChI is InChI=1S/C22H31FN4O3/c1-16(2)9-12-24-21(28)27-13-4-10-22(15-27,11-14-29-3)20-25-19(30-26-20)17-5-7-18(23)8-6-17/h5-8,16H,4,9-15H2,1-3H3,(H,24,28). The molecule has 0 bridgehead atoms. The molecule has 3 rings (SSSR count). The lowest BCUT2D eigenvalue weighted by atomic mass is 9.76. The summed E-state index contributed by atoms with van der Waals surface area (Å²) in [6.07, 6.45) is 3.32. The molecule has 0 saturated carbocycles. The van der Waals surface area contributed by atoms with Gasteiger partial charge in [0.05, 0.1) is 5.41 Å². The molecule has 1 aromatic heterocycles. The number of piperidine rings is 1. The van der Waals surface area contributed by atoms with Crippen LogP contribution in [0.25, 0.3) is 11.5 Å². The Morgan fingerprint density at radius 2 is 2.13 bits per heavy atom. The lowest BCUT2D eigenvalue weighted by Crippen LogP contribution is -2.52. The monoisotopic (exact) mass is 418 g/mol. The number of amides is 2. The molecule has 1 atom stereocenters. The molecule has 2 aromatic rings. The highest BCUT2D eigenvalue weighted by atomic mass is 19.1. The third-order valence-corrected chi connectivity index (χ3v) is 5.64. The Hall–Kier alpha value is -2.48. The van der Waals surface area contributed by atoms with E-state index in [-0.39, 0.29) is 11.8 Å². The van der Waals surface area contributed by atoms with Crippen molar-refractivity contribution >= 4 is 6.03 Å². The van der Waals surface area contributed by atoms with Crippen LogP contribution in [0.1, 0.15) is 45.4 Å². The summed E-state index contributed by atoms with van der Waals surface area (Å²) in [5.74, 6) is 1.14. The first-order chi connectivity index (χ1) is 14.4. The van der Waals surface area contributed by atoms with Crippen LogP contribution in [0.5, 0.6) is 0 Å². The normalized spacial score (nSPS) is 19.3. The van der Waals surface area contributed by atoms with Gasteiger partial charge in [-0.15, -0.1) is 0 Å². The van der Waals surface area contributed by atoms with E-state index in [0.29, 0.717) is 55.9 Å². The van der Waals surface area contributed by atoms with Crippen molar-refractivity contribution in [2.45, 2.75) is 44.9 Å². The second-order valence-electron chi connectivity index (χ2n) is 8.39. The summed E-state index contributed by atoms with van der Waals surface area (Å²) in [5, 5.41) is 7.27. The first kappa shape index (κ1) is 22.2. The van der Waals surface area contributed by atoms with E-state index in [1.165, 1.54) is 12.1 Å². The average Bonchev–Trinajstić information content (AvgIpc) is 3.23. The highest BCUT2D eigenvalue weighted by Gasteiger charge is 2.42. The quantitative estimate of drug-likeness (QED) is 0.701. The highest BCUT2D eigenvalue weighted by Crippen LogP contribution is 2.36. The molecule has 1 N–H and O–H groups in total. The van der Waals surface area contributed by atoms with Crippen molar-refractivity contribution in [3.8, 4) is 11.5 Å². The van der Waals surface area contributed by atoms with Crippen molar-refractivity contribution in [2.24, 2.45) is 5.92 Å². The van der Waals surface area contributed by atoms with E-state index in [9.17, 15) is 9.18 Å².